The smallest absolute Gasteiger partial charge is 0.389 e. The van der Waals surface area contributed by atoms with Crippen molar-refractivity contribution in [2.45, 2.75) is 12.6 Å². The molecule has 5 nitrogen and oxygen atoms in total. The van der Waals surface area contributed by atoms with Crippen molar-refractivity contribution in [2.24, 2.45) is 5.73 Å². The first kappa shape index (κ1) is 19.6. The number of aromatic nitrogens is 1. The van der Waals surface area contributed by atoms with E-state index in [-0.39, 0.29) is 22.5 Å². The lowest BCUT2D eigenvalue weighted by molar-refractivity contribution is -0.137. The first-order valence-electron chi connectivity index (χ1n) is 8.01. The quantitative estimate of drug-likeness (QED) is 0.628. The predicted molar refractivity (Wildman–Crippen MR) is 100.0 cm³/mol. The molecule has 144 valence electrons. The van der Waals surface area contributed by atoms with E-state index in [2.05, 4.69) is 4.37 Å². The third kappa shape index (κ3) is 4.04. The fraction of sp³-hybridized carbons (Fsp3) is 0.105. The summed E-state index contributed by atoms with van der Waals surface area (Å²) < 4.78 is 42.6. The van der Waals surface area contributed by atoms with Gasteiger partial charge in [-0.05, 0) is 35.3 Å². The van der Waals surface area contributed by atoms with Crippen molar-refractivity contribution in [3.05, 3.63) is 70.8 Å². The molecule has 0 unspecified atom stereocenters. The maximum Gasteiger partial charge on any atom is 0.416 e. The molecule has 0 fully saturated rings. The molecule has 0 saturated carbocycles. The Labute approximate surface area is 162 Å². The van der Waals surface area contributed by atoms with E-state index in [0.717, 1.165) is 23.7 Å². The second kappa shape index (κ2) is 7.43. The Balaban J connectivity index is 1.88. The number of Topliss-reactive ketones (excluding diaryl/α,β-unsaturated/α-hetero) is 1. The molecule has 0 radical (unpaired) electrons. The molecule has 0 aliphatic carbocycles. The second-order valence-electron chi connectivity index (χ2n) is 6.01. The lowest BCUT2D eigenvalue weighted by Crippen LogP contribution is -2.13. The molecule has 9 heteroatoms. The van der Waals surface area contributed by atoms with Gasteiger partial charge in [-0.15, -0.1) is 0 Å². The van der Waals surface area contributed by atoms with Crippen LogP contribution in [0.15, 0.2) is 48.5 Å². The van der Waals surface area contributed by atoms with Crippen LogP contribution in [0, 0.1) is 0 Å². The van der Waals surface area contributed by atoms with Gasteiger partial charge < -0.3 is 11.5 Å². The van der Waals surface area contributed by atoms with Crippen LogP contribution in [0.3, 0.4) is 0 Å². The van der Waals surface area contributed by atoms with Gasteiger partial charge in [-0.3, -0.25) is 9.59 Å². The lowest BCUT2D eigenvalue weighted by Gasteiger charge is -2.09. The highest BCUT2D eigenvalue weighted by molar-refractivity contribution is 7.10. The Morgan fingerprint density at radius 1 is 1.07 bits per heavy atom. The molecule has 3 aromatic rings. The average Bonchev–Trinajstić information content (AvgIpc) is 3.03. The van der Waals surface area contributed by atoms with Crippen LogP contribution in [0.2, 0.25) is 0 Å². The summed E-state index contributed by atoms with van der Waals surface area (Å²) in [5, 5.41) is 0.188. The van der Waals surface area contributed by atoms with Crippen LogP contribution < -0.4 is 11.5 Å². The summed E-state index contributed by atoms with van der Waals surface area (Å²) in [5.74, 6) is -1.18. The van der Waals surface area contributed by atoms with Gasteiger partial charge in [-0.1, -0.05) is 30.3 Å². The Hall–Kier alpha value is -3.20. The SMILES string of the molecule is NC(=O)c1c(-c2cccc(CC(=O)c3cccc(C(F)(F)F)c3)c2)nsc1N. The van der Waals surface area contributed by atoms with Crippen LogP contribution in [0.1, 0.15) is 31.8 Å². The summed E-state index contributed by atoms with van der Waals surface area (Å²) >= 11 is 0.928. The number of ketones is 1. The topological polar surface area (TPSA) is 99.1 Å². The summed E-state index contributed by atoms with van der Waals surface area (Å²) in [6.07, 6.45) is -4.63. The van der Waals surface area contributed by atoms with Crippen molar-refractivity contribution in [1.29, 1.82) is 0 Å². The van der Waals surface area contributed by atoms with Crippen LogP contribution >= 0.6 is 11.5 Å². The van der Waals surface area contributed by atoms with Gasteiger partial charge >= 0.3 is 6.18 Å². The second-order valence-corrected chi connectivity index (χ2v) is 6.82. The third-order valence-corrected chi connectivity index (χ3v) is 4.72. The Kier molecular flexibility index (Phi) is 5.19. The van der Waals surface area contributed by atoms with E-state index >= 15 is 0 Å². The zero-order valence-electron chi connectivity index (χ0n) is 14.3. The molecule has 1 amide bonds. The number of nitrogen functional groups attached to an aromatic ring is 1. The van der Waals surface area contributed by atoms with Crippen molar-refractivity contribution in [2.75, 3.05) is 5.73 Å². The monoisotopic (exact) mass is 405 g/mol. The van der Waals surface area contributed by atoms with E-state index in [1.54, 1.807) is 24.3 Å². The number of rotatable bonds is 5. The summed E-state index contributed by atoms with van der Waals surface area (Å²) in [6.45, 7) is 0. The minimum atomic E-state index is -4.52. The van der Waals surface area contributed by atoms with Gasteiger partial charge in [0, 0.05) is 17.5 Å². The van der Waals surface area contributed by atoms with E-state index in [0.29, 0.717) is 16.8 Å². The normalized spacial score (nSPS) is 11.4. The highest BCUT2D eigenvalue weighted by atomic mass is 32.1. The number of carbonyl (C=O) groups excluding carboxylic acids is 2. The van der Waals surface area contributed by atoms with Gasteiger partial charge in [0.15, 0.2) is 5.78 Å². The summed E-state index contributed by atoms with van der Waals surface area (Å²) in [6, 6.07) is 10.9. The number of halogens is 3. The first-order valence-corrected chi connectivity index (χ1v) is 8.79. The van der Waals surface area contributed by atoms with E-state index in [1.807, 2.05) is 0 Å². The van der Waals surface area contributed by atoms with Gasteiger partial charge in [-0.25, -0.2) is 0 Å². The maximum atomic E-state index is 12.8. The van der Waals surface area contributed by atoms with E-state index in [4.69, 9.17) is 11.5 Å². The maximum absolute atomic E-state index is 12.8. The zero-order chi connectivity index (χ0) is 20.5. The number of primary amides is 1. The zero-order valence-corrected chi connectivity index (χ0v) is 15.1. The van der Waals surface area contributed by atoms with Gasteiger partial charge in [0.2, 0.25) is 0 Å². The first-order chi connectivity index (χ1) is 13.2. The van der Waals surface area contributed by atoms with Crippen LogP contribution in [-0.2, 0) is 12.6 Å². The molecule has 28 heavy (non-hydrogen) atoms. The van der Waals surface area contributed by atoms with Crippen LogP contribution in [-0.4, -0.2) is 16.1 Å². The minimum absolute atomic E-state index is 0.0315. The Morgan fingerprint density at radius 3 is 2.46 bits per heavy atom. The molecule has 2 aromatic carbocycles. The van der Waals surface area contributed by atoms with Gasteiger partial charge in [-0.2, -0.15) is 17.5 Å². The van der Waals surface area contributed by atoms with Gasteiger partial charge in [0.25, 0.3) is 5.91 Å². The highest BCUT2D eigenvalue weighted by Crippen LogP contribution is 2.31. The molecule has 0 aliphatic heterocycles. The molecule has 1 heterocycles. The third-order valence-electron chi connectivity index (χ3n) is 4.04. The lowest BCUT2D eigenvalue weighted by atomic mass is 9.98. The average molecular weight is 405 g/mol. The highest BCUT2D eigenvalue weighted by Gasteiger charge is 2.30. The number of alkyl halides is 3. The number of hydrogen-bond donors (Lipinski definition) is 2. The van der Waals surface area contributed by atoms with Crippen molar-refractivity contribution < 1.29 is 22.8 Å². The molecule has 3 rings (SSSR count). The number of amides is 1. The molecule has 0 aliphatic rings. The largest absolute Gasteiger partial charge is 0.416 e. The fourth-order valence-electron chi connectivity index (χ4n) is 2.72. The van der Waals surface area contributed by atoms with Crippen LogP contribution in [0.5, 0.6) is 0 Å². The molecule has 0 atom stereocenters. The molecule has 1 aromatic heterocycles. The molecular weight excluding hydrogens is 391 g/mol. The fourth-order valence-corrected chi connectivity index (χ4v) is 3.40. The van der Waals surface area contributed by atoms with E-state index in [1.165, 1.54) is 12.1 Å². The summed E-state index contributed by atoms with van der Waals surface area (Å²) in [4.78, 5) is 24.0. The molecule has 0 spiro atoms. The number of anilines is 1. The number of benzene rings is 2. The number of carbonyl (C=O) groups is 2. The van der Waals surface area contributed by atoms with Gasteiger partial charge in [0.1, 0.15) is 10.6 Å². The van der Waals surface area contributed by atoms with Crippen molar-refractivity contribution in [3.63, 3.8) is 0 Å². The summed E-state index contributed by atoms with van der Waals surface area (Å²) in [5.41, 5.74) is 11.7. The number of hydrogen-bond acceptors (Lipinski definition) is 5. The molecule has 0 saturated heterocycles. The standard InChI is InChI=1S/C19H14F3N3O2S/c20-19(21,22)13-6-2-4-11(9-13)14(26)8-10-3-1-5-12(7-10)16-15(17(23)27)18(24)28-25-16/h1-7,9H,8,24H2,(H2,23,27). The Morgan fingerprint density at radius 2 is 1.79 bits per heavy atom. The van der Waals surface area contributed by atoms with Crippen LogP contribution in [0.4, 0.5) is 18.2 Å². The predicted octanol–water partition coefficient (Wildman–Crippen LogP) is 3.94. The number of nitrogens with zero attached hydrogens (tertiary/aromatic N) is 1. The molecular formula is C19H14F3N3O2S. The van der Waals surface area contributed by atoms with E-state index < -0.39 is 23.4 Å². The van der Waals surface area contributed by atoms with Crippen molar-refractivity contribution >= 4 is 28.2 Å². The van der Waals surface area contributed by atoms with Crippen LogP contribution in [0.25, 0.3) is 11.3 Å². The van der Waals surface area contributed by atoms with Crippen molar-refractivity contribution in [1.82, 2.24) is 4.37 Å². The van der Waals surface area contributed by atoms with Crippen molar-refractivity contribution in [3.8, 4) is 11.3 Å². The minimum Gasteiger partial charge on any atom is -0.389 e. The Bertz CT molecular complexity index is 1060. The number of nitrogens with two attached hydrogens (primary N) is 2. The van der Waals surface area contributed by atoms with Gasteiger partial charge in [0.05, 0.1) is 11.3 Å². The van der Waals surface area contributed by atoms with E-state index in [9.17, 15) is 22.8 Å². The molecule has 0 bridgehead atoms. The molecule has 4 N–H and O–H groups in total. The summed E-state index contributed by atoms with van der Waals surface area (Å²) in [7, 11) is 0.